The molecule has 122 valence electrons. The Bertz CT molecular complexity index is 699. The Morgan fingerprint density at radius 2 is 2.17 bits per heavy atom. The number of likely N-dealkylation sites (tertiary alicyclic amines) is 1. The van der Waals surface area contributed by atoms with Gasteiger partial charge in [0.25, 0.3) is 5.91 Å². The quantitative estimate of drug-likeness (QED) is 0.939. The fourth-order valence-corrected chi connectivity index (χ4v) is 3.85. The molecule has 23 heavy (non-hydrogen) atoms. The van der Waals surface area contributed by atoms with Crippen LogP contribution in [0.4, 0.5) is 4.39 Å². The summed E-state index contributed by atoms with van der Waals surface area (Å²) in [7, 11) is 0. The number of β-amino-alcohol motifs (C(OH)–C–C–N with tert-alkyl or cyclic N) is 1. The number of carbonyl (C=O) groups is 1. The lowest BCUT2D eigenvalue weighted by atomic mass is 10.1. The fraction of sp³-hybridized carbons (Fsp3) is 0.412. The van der Waals surface area contributed by atoms with Crippen molar-refractivity contribution in [2.45, 2.75) is 32.3 Å². The SMILES string of the molecule is Cc1nc(Cc2ccc(F)cc2)sc1C(=O)N1CCC[C@@H](O)C1. The summed E-state index contributed by atoms with van der Waals surface area (Å²) in [5, 5.41) is 10.6. The number of amides is 1. The summed E-state index contributed by atoms with van der Waals surface area (Å²) in [4.78, 5) is 19.4. The summed E-state index contributed by atoms with van der Waals surface area (Å²) in [6, 6.07) is 6.32. The maximum absolute atomic E-state index is 13.0. The molecule has 0 bridgehead atoms. The van der Waals surface area contributed by atoms with E-state index in [0.29, 0.717) is 24.4 Å². The summed E-state index contributed by atoms with van der Waals surface area (Å²) in [5.41, 5.74) is 1.68. The topological polar surface area (TPSA) is 53.4 Å². The van der Waals surface area contributed by atoms with E-state index < -0.39 is 6.10 Å². The van der Waals surface area contributed by atoms with E-state index in [9.17, 15) is 14.3 Å². The van der Waals surface area contributed by atoms with Crippen molar-refractivity contribution in [1.82, 2.24) is 9.88 Å². The largest absolute Gasteiger partial charge is 0.391 e. The fourth-order valence-electron chi connectivity index (χ4n) is 2.79. The van der Waals surface area contributed by atoms with Crippen LogP contribution in [-0.2, 0) is 6.42 Å². The number of nitrogens with zero attached hydrogens (tertiary/aromatic N) is 2. The van der Waals surface area contributed by atoms with Gasteiger partial charge < -0.3 is 10.0 Å². The van der Waals surface area contributed by atoms with Gasteiger partial charge in [-0.25, -0.2) is 9.37 Å². The highest BCUT2D eigenvalue weighted by atomic mass is 32.1. The molecule has 1 aliphatic heterocycles. The maximum atomic E-state index is 13.0. The third-order valence-electron chi connectivity index (χ3n) is 3.99. The molecule has 2 aromatic rings. The van der Waals surface area contributed by atoms with Crippen LogP contribution in [0.5, 0.6) is 0 Å². The average Bonchev–Trinajstić information content (AvgIpc) is 2.89. The van der Waals surface area contributed by atoms with Crippen LogP contribution in [0.3, 0.4) is 0 Å². The maximum Gasteiger partial charge on any atom is 0.265 e. The Morgan fingerprint density at radius 1 is 1.43 bits per heavy atom. The van der Waals surface area contributed by atoms with Crippen molar-refractivity contribution < 1.29 is 14.3 Å². The molecular weight excluding hydrogens is 315 g/mol. The summed E-state index contributed by atoms with van der Waals surface area (Å²) in [6.07, 6.45) is 1.73. The number of rotatable bonds is 3. The molecule has 1 amide bonds. The number of halogens is 1. The molecule has 1 atom stereocenters. The number of aliphatic hydroxyl groups excluding tert-OH is 1. The van der Waals surface area contributed by atoms with Crippen molar-refractivity contribution in [2.75, 3.05) is 13.1 Å². The van der Waals surface area contributed by atoms with Gasteiger partial charge in [0.1, 0.15) is 10.7 Å². The van der Waals surface area contributed by atoms with Gasteiger partial charge in [0, 0.05) is 19.5 Å². The number of piperidine rings is 1. The summed E-state index contributed by atoms with van der Waals surface area (Å²) in [5.74, 6) is -0.312. The summed E-state index contributed by atoms with van der Waals surface area (Å²) >= 11 is 1.38. The van der Waals surface area contributed by atoms with Crippen molar-refractivity contribution in [3.8, 4) is 0 Å². The number of aryl methyl sites for hydroxylation is 1. The van der Waals surface area contributed by atoms with Crippen molar-refractivity contribution >= 4 is 17.2 Å². The van der Waals surface area contributed by atoms with Gasteiger partial charge in [-0.05, 0) is 37.5 Å². The van der Waals surface area contributed by atoms with Gasteiger partial charge in [0.05, 0.1) is 16.8 Å². The van der Waals surface area contributed by atoms with E-state index in [4.69, 9.17) is 0 Å². The molecule has 3 rings (SSSR count). The third-order valence-corrected chi connectivity index (χ3v) is 5.13. The van der Waals surface area contributed by atoms with Gasteiger partial charge in [-0.3, -0.25) is 4.79 Å². The Labute approximate surface area is 138 Å². The first-order valence-electron chi connectivity index (χ1n) is 7.71. The van der Waals surface area contributed by atoms with Crippen LogP contribution in [0.2, 0.25) is 0 Å². The second kappa shape index (κ2) is 6.76. The lowest BCUT2D eigenvalue weighted by Crippen LogP contribution is -2.42. The standard InChI is InChI=1S/C17H19FN2O2S/c1-11-16(17(22)20-8-2-3-14(21)10-20)23-15(19-11)9-12-4-6-13(18)7-5-12/h4-7,14,21H,2-3,8-10H2,1H3/t14-/m1/s1. The first kappa shape index (κ1) is 16.1. The van der Waals surface area contributed by atoms with Gasteiger partial charge in [-0.15, -0.1) is 11.3 Å². The van der Waals surface area contributed by atoms with Crippen LogP contribution < -0.4 is 0 Å². The van der Waals surface area contributed by atoms with E-state index in [1.54, 1.807) is 17.0 Å². The van der Waals surface area contributed by atoms with Crippen LogP contribution in [0.15, 0.2) is 24.3 Å². The van der Waals surface area contributed by atoms with E-state index in [2.05, 4.69) is 4.98 Å². The Kier molecular flexibility index (Phi) is 4.73. The molecule has 2 heterocycles. The highest BCUT2D eigenvalue weighted by molar-refractivity contribution is 7.13. The van der Waals surface area contributed by atoms with Gasteiger partial charge in [0.15, 0.2) is 0 Å². The molecule has 1 aromatic heterocycles. The zero-order valence-electron chi connectivity index (χ0n) is 13.0. The molecule has 1 N–H and O–H groups in total. The molecule has 0 spiro atoms. The van der Waals surface area contributed by atoms with Gasteiger partial charge in [0.2, 0.25) is 0 Å². The van der Waals surface area contributed by atoms with Crippen molar-refractivity contribution in [3.05, 3.63) is 51.2 Å². The number of hydrogen-bond donors (Lipinski definition) is 1. The number of thiazole rings is 1. The molecule has 1 aromatic carbocycles. The summed E-state index contributed by atoms with van der Waals surface area (Å²) < 4.78 is 13.0. The van der Waals surface area contributed by atoms with Gasteiger partial charge in [-0.1, -0.05) is 12.1 Å². The lowest BCUT2D eigenvalue weighted by molar-refractivity contribution is 0.0477. The van der Waals surface area contributed by atoms with Crippen LogP contribution in [0, 0.1) is 12.7 Å². The number of hydrogen-bond acceptors (Lipinski definition) is 4. The number of carbonyl (C=O) groups excluding carboxylic acids is 1. The Hall–Kier alpha value is -1.79. The molecule has 4 nitrogen and oxygen atoms in total. The zero-order valence-corrected chi connectivity index (χ0v) is 13.8. The molecule has 0 unspecified atom stereocenters. The molecule has 0 radical (unpaired) electrons. The average molecular weight is 334 g/mol. The van der Waals surface area contributed by atoms with Gasteiger partial charge >= 0.3 is 0 Å². The Balaban J connectivity index is 1.75. The predicted molar refractivity (Wildman–Crippen MR) is 87.2 cm³/mol. The smallest absolute Gasteiger partial charge is 0.265 e. The van der Waals surface area contributed by atoms with Crippen molar-refractivity contribution in [2.24, 2.45) is 0 Å². The molecule has 0 aliphatic carbocycles. The van der Waals surface area contributed by atoms with Crippen molar-refractivity contribution in [1.29, 1.82) is 0 Å². The minimum Gasteiger partial charge on any atom is -0.391 e. The van der Waals surface area contributed by atoms with Crippen molar-refractivity contribution in [3.63, 3.8) is 0 Å². The monoisotopic (exact) mass is 334 g/mol. The lowest BCUT2D eigenvalue weighted by Gasteiger charge is -2.29. The van der Waals surface area contributed by atoms with Crippen LogP contribution in [-0.4, -0.2) is 40.1 Å². The molecule has 6 heteroatoms. The molecule has 1 saturated heterocycles. The van der Waals surface area contributed by atoms with E-state index in [1.165, 1.54) is 23.5 Å². The summed E-state index contributed by atoms with van der Waals surface area (Å²) in [6.45, 7) is 2.91. The first-order valence-corrected chi connectivity index (χ1v) is 8.52. The molecule has 1 fully saturated rings. The highest BCUT2D eigenvalue weighted by Gasteiger charge is 2.26. The van der Waals surface area contributed by atoms with E-state index in [0.717, 1.165) is 29.1 Å². The minimum absolute atomic E-state index is 0.0518. The van der Waals surface area contributed by atoms with Crippen LogP contribution in [0.25, 0.3) is 0 Å². The van der Waals surface area contributed by atoms with Crippen LogP contribution in [0.1, 0.15) is 38.8 Å². The van der Waals surface area contributed by atoms with E-state index >= 15 is 0 Å². The van der Waals surface area contributed by atoms with E-state index in [-0.39, 0.29) is 11.7 Å². The number of aromatic nitrogens is 1. The molecular formula is C17H19FN2O2S. The molecule has 1 aliphatic rings. The Morgan fingerprint density at radius 3 is 2.87 bits per heavy atom. The minimum atomic E-state index is -0.431. The number of aliphatic hydroxyl groups is 1. The third kappa shape index (κ3) is 3.76. The zero-order chi connectivity index (χ0) is 16.4. The number of benzene rings is 1. The second-order valence-corrected chi connectivity index (χ2v) is 6.96. The highest BCUT2D eigenvalue weighted by Crippen LogP contribution is 2.24. The normalized spacial score (nSPS) is 18.2. The second-order valence-electron chi connectivity index (χ2n) is 5.87. The first-order chi connectivity index (χ1) is 11.0. The van der Waals surface area contributed by atoms with Gasteiger partial charge in [-0.2, -0.15) is 0 Å². The van der Waals surface area contributed by atoms with Crippen LogP contribution >= 0.6 is 11.3 Å². The van der Waals surface area contributed by atoms with E-state index in [1.807, 2.05) is 6.92 Å². The predicted octanol–water partition coefficient (Wildman–Crippen LogP) is 2.78. The molecule has 0 saturated carbocycles.